The average Bonchev–Trinajstić information content (AvgIpc) is 2.82. The van der Waals surface area contributed by atoms with Crippen LogP contribution in [0.1, 0.15) is 49.3 Å². The fourth-order valence-corrected chi connectivity index (χ4v) is 3.33. The number of nitrogens with zero attached hydrogens (tertiary/aromatic N) is 3. The lowest BCUT2D eigenvalue weighted by Gasteiger charge is -2.38. The summed E-state index contributed by atoms with van der Waals surface area (Å²) in [6.45, 7) is 5.08. The van der Waals surface area contributed by atoms with Crippen LogP contribution in [0.15, 0.2) is 24.4 Å². The molecule has 2 atom stereocenters. The molecule has 0 aliphatic carbocycles. The monoisotopic (exact) mass is 287 g/mol. The van der Waals surface area contributed by atoms with Crippen molar-refractivity contribution in [1.82, 2.24) is 14.3 Å². The van der Waals surface area contributed by atoms with Crippen LogP contribution in [-0.2, 0) is 6.54 Å². The second kappa shape index (κ2) is 5.48. The second-order valence-electron chi connectivity index (χ2n) is 5.94. The van der Waals surface area contributed by atoms with Gasteiger partial charge in [-0.2, -0.15) is 0 Å². The number of hydrogen-bond acceptors (Lipinski definition) is 3. The van der Waals surface area contributed by atoms with Gasteiger partial charge in [-0.05, 0) is 38.8 Å². The molecule has 5 heteroatoms. The number of piperidine rings is 1. The summed E-state index contributed by atoms with van der Waals surface area (Å²) in [7, 11) is 0. The molecule has 2 aromatic heterocycles. The van der Waals surface area contributed by atoms with Gasteiger partial charge < -0.3 is 9.51 Å². The molecule has 21 heavy (non-hydrogen) atoms. The normalized spacial score (nSPS) is 23.5. The lowest BCUT2D eigenvalue weighted by molar-refractivity contribution is 0.0678. The average molecular weight is 287 g/mol. The topological polar surface area (TPSA) is 57.8 Å². The molecular formula is C16H21N3O2. The molecule has 3 heterocycles. The van der Waals surface area contributed by atoms with Gasteiger partial charge in [0.05, 0.1) is 5.69 Å². The number of fused-ring (bicyclic) bond motifs is 1. The van der Waals surface area contributed by atoms with Crippen molar-refractivity contribution in [3.63, 3.8) is 0 Å². The molecule has 1 N–H and O–H groups in total. The first-order valence-corrected chi connectivity index (χ1v) is 7.53. The van der Waals surface area contributed by atoms with Crippen LogP contribution in [-0.4, -0.2) is 37.4 Å². The standard InChI is InChI=1S/C16H21N3O2/c1-11-6-5-7-12(2)19(11)10-13-15(16(20)21)17-14-8-3-4-9-18(13)14/h3-4,8-9,11-12H,5-7,10H2,1-2H3,(H,20,21). The van der Waals surface area contributed by atoms with Gasteiger partial charge in [-0.25, -0.2) is 9.78 Å². The molecule has 1 aliphatic rings. The molecule has 112 valence electrons. The first-order chi connectivity index (χ1) is 10.1. The van der Waals surface area contributed by atoms with E-state index < -0.39 is 5.97 Å². The maximum atomic E-state index is 11.5. The summed E-state index contributed by atoms with van der Waals surface area (Å²) in [5, 5.41) is 9.43. The Labute approximate surface area is 124 Å². The lowest BCUT2D eigenvalue weighted by Crippen LogP contribution is -2.43. The largest absolute Gasteiger partial charge is 0.476 e. The van der Waals surface area contributed by atoms with E-state index in [9.17, 15) is 9.90 Å². The molecule has 1 saturated heterocycles. The Kier molecular flexibility index (Phi) is 3.68. The number of rotatable bonds is 3. The number of hydrogen-bond donors (Lipinski definition) is 1. The highest BCUT2D eigenvalue weighted by Crippen LogP contribution is 2.26. The van der Waals surface area contributed by atoms with Crippen molar-refractivity contribution in [2.75, 3.05) is 0 Å². The van der Waals surface area contributed by atoms with E-state index in [1.807, 2.05) is 28.8 Å². The number of imidazole rings is 1. The molecule has 1 aliphatic heterocycles. The molecule has 3 rings (SSSR count). The number of aromatic nitrogens is 2. The fraction of sp³-hybridized carbons (Fsp3) is 0.500. The second-order valence-corrected chi connectivity index (χ2v) is 5.94. The SMILES string of the molecule is CC1CCCC(C)N1Cc1c(C(=O)O)nc2ccccn12. The molecule has 0 aromatic carbocycles. The van der Waals surface area contributed by atoms with Crippen LogP contribution in [0, 0.1) is 0 Å². The van der Waals surface area contributed by atoms with E-state index in [0.29, 0.717) is 24.3 Å². The molecule has 0 saturated carbocycles. The van der Waals surface area contributed by atoms with Gasteiger partial charge in [0.2, 0.25) is 0 Å². The van der Waals surface area contributed by atoms with Crippen LogP contribution in [0.4, 0.5) is 0 Å². The number of carboxylic acids is 1. The first kappa shape index (κ1) is 14.1. The van der Waals surface area contributed by atoms with E-state index in [1.165, 1.54) is 19.3 Å². The molecule has 2 aromatic rings. The Morgan fingerprint density at radius 2 is 2.05 bits per heavy atom. The van der Waals surface area contributed by atoms with Gasteiger partial charge >= 0.3 is 5.97 Å². The first-order valence-electron chi connectivity index (χ1n) is 7.53. The van der Waals surface area contributed by atoms with Crippen molar-refractivity contribution in [1.29, 1.82) is 0 Å². The van der Waals surface area contributed by atoms with Gasteiger partial charge in [-0.15, -0.1) is 0 Å². The van der Waals surface area contributed by atoms with Gasteiger partial charge in [0.1, 0.15) is 5.65 Å². The molecule has 1 fully saturated rings. The number of likely N-dealkylation sites (tertiary alicyclic amines) is 1. The third-order valence-corrected chi connectivity index (χ3v) is 4.54. The fourth-order valence-electron chi connectivity index (χ4n) is 3.33. The van der Waals surface area contributed by atoms with E-state index in [-0.39, 0.29) is 5.69 Å². The minimum Gasteiger partial charge on any atom is -0.476 e. The predicted octanol–water partition coefficient (Wildman–Crippen LogP) is 2.80. The van der Waals surface area contributed by atoms with Gasteiger partial charge in [0.15, 0.2) is 5.69 Å². The van der Waals surface area contributed by atoms with Crippen molar-refractivity contribution >= 4 is 11.6 Å². The van der Waals surface area contributed by atoms with Gasteiger partial charge in [0.25, 0.3) is 0 Å². The highest BCUT2D eigenvalue weighted by molar-refractivity contribution is 5.88. The Morgan fingerprint density at radius 1 is 1.33 bits per heavy atom. The smallest absolute Gasteiger partial charge is 0.356 e. The van der Waals surface area contributed by atoms with Crippen LogP contribution < -0.4 is 0 Å². The van der Waals surface area contributed by atoms with Crippen LogP contribution in [0.5, 0.6) is 0 Å². The van der Waals surface area contributed by atoms with Crippen molar-refractivity contribution < 1.29 is 9.90 Å². The Hall–Kier alpha value is -1.88. The quantitative estimate of drug-likeness (QED) is 0.943. The van der Waals surface area contributed by atoms with Crippen LogP contribution in [0.2, 0.25) is 0 Å². The zero-order valence-electron chi connectivity index (χ0n) is 12.5. The van der Waals surface area contributed by atoms with E-state index in [4.69, 9.17) is 0 Å². The third-order valence-electron chi connectivity index (χ3n) is 4.54. The Morgan fingerprint density at radius 3 is 2.71 bits per heavy atom. The lowest BCUT2D eigenvalue weighted by atomic mass is 9.97. The molecule has 0 bridgehead atoms. The molecule has 5 nitrogen and oxygen atoms in total. The summed E-state index contributed by atoms with van der Waals surface area (Å²) >= 11 is 0. The number of aromatic carboxylic acids is 1. The van der Waals surface area contributed by atoms with Crippen molar-refractivity contribution in [2.24, 2.45) is 0 Å². The van der Waals surface area contributed by atoms with Crippen molar-refractivity contribution in [2.45, 2.75) is 51.7 Å². The summed E-state index contributed by atoms with van der Waals surface area (Å²) in [5.74, 6) is -0.953. The summed E-state index contributed by atoms with van der Waals surface area (Å²) < 4.78 is 1.90. The molecular weight excluding hydrogens is 266 g/mol. The van der Waals surface area contributed by atoms with E-state index in [1.54, 1.807) is 0 Å². The summed E-state index contributed by atoms with van der Waals surface area (Å²) in [6, 6.07) is 6.59. The zero-order chi connectivity index (χ0) is 15.0. The highest BCUT2D eigenvalue weighted by Gasteiger charge is 2.28. The third kappa shape index (κ3) is 2.53. The maximum Gasteiger partial charge on any atom is 0.356 e. The van der Waals surface area contributed by atoms with Crippen molar-refractivity contribution in [3.05, 3.63) is 35.8 Å². The van der Waals surface area contributed by atoms with Gasteiger partial charge in [-0.1, -0.05) is 12.5 Å². The molecule has 0 radical (unpaired) electrons. The maximum absolute atomic E-state index is 11.5. The number of pyridine rings is 1. The summed E-state index contributed by atoms with van der Waals surface area (Å²) in [4.78, 5) is 18.2. The van der Waals surface area contributed by atoms with E-state index in [2.05, 4.69) is 23.7 Å². The zero-order valence-corrected chi connectivity index (χ0v) is 12.5. The molecule has 0 spiro atoms. The van der Waals surface area contributed by atoms with Crippen LogP contribution in [0.25, 0.3) is 5.65 Å². The number of carbonyl (C=O) groups is 1. The minimum absolute atomic E-state index is 0.172. The summed E-state index contributed by atoms with van der Waals surface area (Å²) in [6.07, 6.45) is 5.48. The van der Waals surface area contributed by atoms with Gasteiger partial charge in [0, 0.05) is 24.8 Å². The predicted molar refractivity (Wildman–Crippen MR) is 80.5 cm³/mol. The molecule has 0 amide bonds. The van der Waals surface area contributed by atoms with E-state index in [0.717, 1.165) is 5.69 Å². The minimum atomic E-state index is -0.953. The van der Waals surface area contributed by atoms with Crippen LogP contribution >= 0.6 is 0 Å². The highest BCUT2D eigenvalue weighted by atomic mass is 16.4. The summed E-state index contributed by atoms with van der Waals surface area (Å²) in [5.41, 5.74) is 1.65. The Bertz CT molecular complexity index is 655. The van der Waals surface area contributed by atoms with Crippen molar-refractivity contribution in [3.8, 4) is 0 Å². The van der Waals surface area contributed by atoms with Gasteiger partial charge in [-0.3, -0.25) is 4.90 Å². The molecule has 2 unspecified atom stereocenters. The number of carboxylic acid groups (broad SMARTS) is 1. The van der Waals surface area contributed by atoms with Crippen LogP contribution in [0.3, 0.4) is 0 Å². The van der Waals surface area contributed by atoms with E-state index >= 15 is 0 Å². The Balaban J connectivity index is 2.02.